The van der Waals surface area contributed by atoms with Gasteiger partial charge >= 0.3 is 0 Å². The zero-order chi connectivity index (χ0) is 18.2. The van der Waals surface area contributed by atoms with Crippen molar-refractivity contribution in [3.05, 3.63) is 65.2 Å². The monoisotopic (exact) mass is 340 g/mol. The van der Waals surface area contributed by atoms with Gasteiger partial charge in [-0.15, -0.1) is 0 Å². The van der Waals surface area contributed by atoms with Crippen molar-refractivity contribution >= 4 is 5.91 Å². The Morgan fingerprint density at radius 1 is 1.08 bits per heavy atom. The largest absolute Gasteiger partial charge is 0.493 e. The summed E-state index contributed by atoms with van der Waals surface area (Å²) in [4.78, 5) is 14.7. The summed E-state index contributed by atoms with van der Waals surface area (Å²) < 4.78 is 5.52. The van der Waals surface area contributed by atoms with Crippen LogP contribution in [0.5, 0.6) is 5.75 Å². The number of hydrogen-bond acceptors (Lipinski definition) is 3. The Hall–Kier alpha value is -2.33. The number of nitrogens with one attached hydrogen (secondary N) is 1. The van der Waals surface area contributed by atoms with Gasteiger partial charge < -0.3 is 10.1 Å². The highest BCUT2D eigenvalue weighted by atomic mass is 16.5. The quantitative estimate of drug-likeness (QED) is 0.793. The summed E-state index contributed by atoms with van der Waals surface area (Å²) in [5, 5.41) is 2.96. The molecule has 4 nitrogen and oxygen atoms in total. The molecule has 2 rings (SSSR count). The van der Waals surface area contributed by atoms with Gasteiger partial charge in [-0.2, -0.15) is 0 Å². The van der Waals surface area contributed by atoms with Crippen molar-refractivity contribution in [1.82, 2.24) is 10.2 Å². The van der Waals surface area contributed by atoms with Crippen molar-refractivity contribution in [1.29, 1.82) is 0 Å². The molecular weight excluding hydrogens is 312 g/mol. The van der Waals surface area contributed by atoms with Crippen LogP contribution in [-0.4, -0.2) is 30.5 Å². The third kappa shape index (κ3) is 5.61. The lowest BCUT2D eigenvalue weighted by Gasteiger charge is -2.21. The molecule has 0 atom stereocenters. The lowest BCUT2D eigenvalue weighted by molar-refractivity contribution is 0.0947. The molecule has 1 N–H and O–H groups in total. The van der Waals surface area contributed by atoms with Crippen LogP contribution in [0.15, 0.2) is 48.5 Å². The summed E-state index contributed by atoms with van der Waals surface area (Å²) in [6.07, 6.45) is 0. The molecule has 0 unspecified atom stereocenters. The number of benzene rings is 2. The zero-order valence-electron chi connectivity index (χ0n) is 15.6. The van der Waals surface area contributed by atoms with Crippen LogP contribution in [0.2, 0.25) is 0 Å². The molecule has 0 bridgehead atoms. The Morgan fingerprint density at radius 3 is 2.36 bits per heavy atom. The molecule has 1 amide bonds. The predicted octanol–water partition coefficient (Wildman–Crippen LogP) is 3.86. The Balaban J connectivity index is 1.94. The van der Waals surface area contributed by atoms with Crippen LogP contribution < -0.4 is 10.1 Å². The van der Waals surface area contributed by atoms with Crippen LogP contribution in [0.3, 0.4) is 0 Å². The molecule has 0 aliphatic heterocycles. The van der Waals surface area contributed by atoms with E-state index in [1.54, 1.807) is 6.07 Å². The summed E-state index contributed by atoms with van der Waals surface area (Å²) in [6, 6.07) is 16.2. The first kappa shape index (κ1) is 19.0. The van der Waals surface area contributed by atoms with Crippen LogP contribution in [-0.2, 0) is 13.1 Å². The van der Waals surface area contributed by atoms with E-state index in [0.29, 0.717) is 30.5 Å². The number of para-hydroxylation sites is 1. The molecule has 0 saturated heterocycles. The maximum atomic E-state index is 12.4. The second kappa shape index (κ2) is 9.23. The zero-order valence-corrected chi connectivity index (χ0v) is 15.6. The van der Waals surface area contributed by atoms with Crippen molar-refractivity contribution < 1.29 is 9.53 Å². The predicted molar refractivity (Wildman–Crippen MR) is 102 cm³/mol. The fourth-order valence-corrected chi connectivity index (χ4v) is 2.45. The number of carbonyl (C=O) groups is 1. The normalized spacial score (nSPS) is 11.0. The Labute approximate surface area is 150 Å². The average Bonchev–Trinajstić information content (AvgIpc) is 2.61. The van der Waals surface area contributed by atoms with E-state index in [4.69, 9.17) is 4.74 Å². The van der Waals surface area contributed by atoms with Crippen LogP contribution >= 0.6 is 0 Å². The van der Waals surface area contributed by atoms with Crippen LogP contribution in [0.4, 0.5) is 0 Å². The standard InChI is InChI=1S/C21H28N2O2/c1-5-25-20-9-7-6-8-19(20)21(24)22-14-17-10-12-18(13-11-17)15-23(4)16(2)3/h6-13,16H,5,14-15H2,1-4H3,(H,22,24). The van der Waals surface area contributed by atoms with E-state index in [9.17, 15) is 4.79 Å². The molecule has 0 heterocycles. The second-order valence-electron chi connectivity index (χ2n) is 6.44. The molecule has 2 aromatic rings. The maximum absolute atomic E-state index is 12.4. The molecule has 0 spiro atoms. The molecule has 134 valence electrons. The molecular formula is C21H28N2O2. The number of amides is 1. The van der Waals surface area contributed by atoms with Crippen molar-refractivity contribution in [3.8, 4) is 5.75 Å². The van der Waals surface area contributed by atoms with Crippen molar-refractivity contribution in [2.24, 2.45) is 0 Å². The Bertz CT molecular complexity index is 681. The van der Waals surface area contributed by atoms with Gasteiger partial charge in [0.25, 0.3) is 5.91 Å². The first-order chi connectivity index (χ1) is 12.0. The number of nitrogens with zero attached hydrogens (tertiary/aromatic N) is 1. The molecule has 4 heteroatoms. The molecule has 0 aromatic heterocycles. The van der Waals surface area contributed by atoms with Gasteiger partial charge in [0, 0.05) is 19.1 Å². The highest BCUT2D eigenvalue weighted by molar-refractivity contribution is 5.96. The fourth-order valence-electron chi connectivity index (χ4n) is 2.45. The Morgan fingerprint density at radius 2 is 1.72 bits per heavy atom. The van der Waals surface area contributed by atoms with E-state index < -0.39 is 0 Å². The number of rotatable bonds is 8. The van der Waals surface area contributed by atoms with E-state index in [2.05, 4.69) is 55.4 Å². The fraction of sp³-hybridized carbons (Fsp3) is 0.381. The molecule has 0 fully saturated rings. The number of ether oxygens (including phenoxy) is 1. The molecule has 0 aliphatic rings. The van der Waals surface area contributed by atoms with E-state index in [1.807, 2.05) is 25.1 Å². The van der Waals surface area contributed by atoms with Crippen molar-refractivity contribution in [2.45, 2.75) is 39.9 Å². The summed E-state index contributed by atoms with van der Waals surface area (Å²) in [5.41, 5.74) is 2.92. The van der Waals surface area contributed by atoms with E-state index >= 15 is 0 Å². The number of hydrogen-bond donors (Lipinski definition) is 1. The van der Waals surface area contributed by atoms with Gasteiger partial charge in [-0.1, -0.05) is 36.4 Å². The van der Waals surface area contributed by atoms with Gasteiger partial charge in [0.15, 0.2) is 0 Å². The summed E-state index contributed by atoms with van der Waals surface area (Å²) in [5.74, 6) is 0.502. The highest BCUT2D eigenvalue weighted by Crippen LogP contribution is 2.18. The first-order valence-electron chi connectivity index (χ1n) is 8.79. The maximum Gasteiger partial charge on any atom is 0.255 e. The van der Waals surface area contributed by atoms with Gasteiger partial charge in [0.2, 0.25) is 0 Å². The van der Waals surface area contributed by atoms with Gasteiger partial charge in [0.05, 0.1) is 12.2 Å². The molecule has 25 heavy (non-hydrogen) atoms. The molecule has 2 aromatic carbocycles. The summed E-state index contributed by atoms with van der Waals surface area (Å²) >= 11 is 0. The van der Waals surface area contributed by atoms with Crippen molar-refractivity contribution in [3.63, 3.8) is 0 Å². The van der Waals surface area contributed by atoms with Crippen LogP contribution in [0, 0.1) is 0 Å². The minimum Gasteiger partial charge on any atom is -0.493 e. The third-order valence-corrected chi connectivity index (χ3v) is 4.22. The third-order valence-electron chi connectivity index (χ3n) is 4.22. The van der Waals surface area contributed by atoms with Crippen molar-refractivity contribution in [2.75, 3.05) is 13.7 Å². The second-order valence-corrected chi connectivity index (χ2v) is 6.44. The minimum absolute atomic E-state index is 0.118. The van der Waals surface area contributed by atoms with Gasteiger partial charge in [-0.3, -0.25) is 9.69 Å². The SMILES string of the molecule is CCOc1ccccc1C(=O)NCc1ccc(CN(C)C(C)C)cc1. The van der Waals surface area contributed by atoms with E-state index in [-0.39, 0.29) is 5.91 Å². The minimum atomic E-state index is -0.118. The van der Waals surface area contributed by atoms with E-state index in [0.717, 1.165) is 12.1 Å². The Kier molecular flexibility index (Phi) is 7.02. The van der Waals surface area contributed by atoms with Gasteiger partial charge in [-0.25, -0.2) is 0 Å². The average molecular weight is 340 g/mol. The smallest absolute Gasteiger partial charge is 0.255 e. The van der Waals surface area contributed by atoms with Crippen LogP contribution in [0.25, 0.3) is 0 Å². The molecule has 0 radical (unpaired) electrons. The van der Waals surface area contributed by atoms with Crippen LogP contribution in [0.1, 0.15) is 42.3 Å². The summed E-state index contributed by atoms with van der Waals surface area (Å²) in [7, 11) is 2.12. The lowest BCUT2D eigenvalue weighted by Crippen LogP contribution is -2.25. The summed E-state index contributed by atoms with van der Waals surface area (Å²) in [6.45, 7) is 8.24. The van der Waals surface area contributed by atoms with Gasteiger partial charge in [0.1, 0.15) is 5.75 Å². The number of carbonyl (C=O) groups excluding carboxylic acids is 1. The van der Waals surface area contributed by atoms with E-state index in [1.165, 1.54) is 5.56 Å². The lowest BCUT2D eigenvalue weighted by atomic mass is 10.1. The molecule has 0 aliphatic carbocycles. The highest BCUT2D eigenvalue weighted by Gasteiger charge is 2.11. The van der Waals surface area contributed by atoms with Gasteiger partial charge in [-0.05, 0) is 51.1 Å². The topological polar surface area (TPSA) is 41.6 Å². The molecule has 0 saturated carbocycles. The first-order valence-corrected chi connectivity index (χ1v) is 8.79.